The number of hydrogen-bond donors (Lipinski definition) is 1. The van der Waals surface area contributed by atoms with E-state index in [2.05, 4.69) is 15.9 Å². The van der Waals surface area contributed by atoms with Crippen LogP contribution in [0, 0.1) is 5.82 Å². The lowest BCUT2D eigenvalue weighted by molar-refractivity contribution is 0.198. The number of hydrogen-bond acceptors (Lipinski definition) is 2. The van der Waals surface area contributed by atoms with Crippen LogP contribution in [0.15, 0.2) is 51.8 Å². The second-order valence-electron chi connectivity index (χ2n) is 4.34. The van der Waals surface area contributed by atoms with Crippen LogP contribution in [0.1, 0.15) is 5.56 Å². The molecule has 0 amide bonds. The molecule has 1 atom stereocenters. The van der Waals surface area contributed by atoms with E-state index in [4.69, 9.17) is 11.6 Å². The van der Waals surface area contributed by atoms with E-state index < -0.39 is 6.10 Å². The molecular weight excluding hydrogens is 363 g/mol. The Morgan fingerprint density at radius 2 is 2.00 bits per heavy atom. The fraction of sp³-hybridized carbons (Fsp3) is 0.200. The van der Waals surface area contributed by atoms with Gasteiger partial charge in [0.05, 0.1) is 6.10 Å². The van der Waals surface area contributed by atoms with Gasteiger partial charge in [0.25, 0.3) is 0 Å². The highest BCUT2D eigenvalue weighted by atomic mass is 79.9. The molecule has 0 radical (unpaired) electrons. The molecule has 2 rings (SSSR count). The summed E-state index contributed by atoms with van der Waals surface area (Å²) in [7, 11) is 0. The Kier molecular flexibility index (Phi) is 5.90. The molecule has 5 heteroatoms. The maximum Gasteiger partial charge on any atom is 0.127 e. The largest absolute Gasteiger partial charge is 0.392 e. The molecule has 0 spiro atoms. The van der Waals surface area contributed by atoms with Gasteiger partial charge in [-0.1, -0.05) is 29.8 Å². The second kappa shape index (κ2) is 7.46. The van der Waals surface area contributed by atoms with Gasteiger partial charge in [0, 0.05) is 26.6 Å². The highest BCUT2D eigenvalue weighted by Gasteiger charge is 2.11. The molecule has 0 fully saturated rings. The molecule has 106 valence electrons. The van der Waals surface area contributed by atoms with Gasteiger partial charge in [0.1, 0.15) is 5.82 Å². The van der Waals surface area contributed by atoms with E-state index in [1.807, 2.05) is 24.3 Å². The van der Waals surface area contributed by atoms with Crippen molar-refractivity contribution in [1.82, 2.24) is 0 Å². The summed E-state index contributed by atoms with van der Waals surface area (Å²) in [6, 6.07) is 12.3. The summed E-state index contributed by atoms with van der Waals surface area (Å²) in [5.74, 6) is 0.132. The first kappa shape index (κ1) is 15.8. The summed E-state index contributed by atoms with van der Waals surface area (Å²) in [5, 5.41) is 10.4. The second-order valence-corrected chi connectivity index (χ2v) is 6.69. The third kappa shape index (κ3) is 4.48. The van der Waals surface area contributed by atoms with Crippen LogP contribution >= 0.6 is 39.3 Å². The highest BCUT2D eigenvalue weighted by molar-refractivity contribution is 9.10. The minimum atomic E-state index is -0.609. The minimum absolute atomic E-state index is 0.278. The van der Waals surface area contributed by atoms with Crippen LogP contribution in [0.5, 0.6) is 0 Å². The van der Waals surface area contributed by atoms with Crippen LogP contribution in [-0.4, -0.2) is 17.0 Å². The fourth-order valence-corrected chi connectivity index (χ4v) is 3.41. The van der Waals surface area contributed by atoms with Gasteiger partial charge in [-0.3, -0.25) is 0 Å². The molecule has 0 saturated carbocycles. The molecule has 1 unspecified atom stereocenters. The number of thioether (sulfide) groups is 1. The number of aliphatic hydroxyl groups is 1. The van der Waals surface area contributed by atoms with E-state index in [0.717, 1.165) is 9.37 Å². The molecule has 0 bridgehead atoms. The number of rotatable bonds is 5. The van der Waals surface area contributed by atoms with E-state index in [0.29, 0.717) is 16.3 Å². The van der Waals surface area contributed by atoms with Gasteiger partial charge in [0.15, 0.2) is 0 Å². The average molecular weight is 376 g/mol. The Morgan fingerprint density at radius 1 is 1.25 bits per heavy atom. The third-order valence-corrected chi connectivity index (χ3v) is 5.15. The standard InChI is InChI=1S/C15H13BrClFOS/c16-13-3-1-2-4-15(13)20-9-12(19)7-10-5-6-11(17)8-14(10)18/h1-6,8,12,19H,7,9H2. The molecule has 2 aromatic carbocycles. The maximum absolute atomic E-state index is 13.6. The predicted octanol–water partition coefficient (Wildman–Crippen LogP) is 4.94. The zero-order valence-corrected chi connectivity index (χ0v) is 13.7. The Bertz CT molecular complexity index is 594. The summed E-state index contributed by atoms with van der Waals surface area (Å²) >= 11 is 10.7. The SMILES string of the molecule is OC(CSc1ccccc1Br)Cc1ccc(Cl)cc1F. The summed E-state index contributed by atoms with van der Waals surface area (Å²) in [4.78, 5) is 1.06. The molecule has 0 aliphatic rings. The van der Waals surface area contributed by atoms with Crippen molar-refractivity contribution in [3.8, 4) is 0 Å². The van der Waals surface area contributed by atoms with Crippen molar-refractivity contribution >= 4 is 39.3 Å². The molecule has 20 heavy (non-hydrogen) atoms. The van der Waals surface area contributed by atoms with Gasteiger partial charge >= 0.3 is 0 Å². The van der Waals surface area contributed by atoms with E-state index in [1.54, 1.807) is 12.1 Å². The molecule has 0 aliphatic heterocycles. The van der Waals surface area contributed by atoms with E-state index >= 15 is 0 Å². The number of aliphatic hydroxyl groups excluding tert-OH is 1. The smallest absolute Gasteiger partial charge is 0.127 e. The van der Waals surface area contributed by atoms with Crippen LogP contribution in [0.3, 0.4) is 0 Å². The lowest BCUT2D eigenvalue weighted by Gasteiger charge is -2.12. The van der Waals surface area contributed by atoms with Gasteiger partial charge < -0.3 is 5.11 Å². The Hall–Kier alpha value is -0.550. The van der Waals surface area contributed by atoms with Crippen molar-refractivity contribution in [2.75, 3.05) is 5.75 Å². The lowest BCUT2D eigenvalue weighted by Crippen LogP contribution is -2.14. The molecule has 1 N–H and O–H groups in total. The zero-order valence-electron chi connectivity index (χ0n) is 10.5. The van der Waals surface area contributed by atoms with Crippen molar-refractivity contribution in [1.29, 1.82) is 0 Å². The summed E-state index contributed by atoms with van der Waals surface area (Å²) in [5.41, 5.74) is 0.481. The summed E-state index contributed by atoms with van der Waals surface area (Å²) < 4.78 is 14.6. The maximum atomic E-state index is 13.6. The van der Waals surface area contributed by atoms with Crippen molar-refractivity contribution in [3.05, 3.63) is 63.3 Å². The third-order valence-electron chi connectivity index (χ3n) is 2.74. The Balaban J connectivity index is 1.92. The monoisotopic (exact) mass is 374 g/mol. The van der Waals surface area contributed by atoms with Gasteiger partial charge in [-0.15, -0.1) is 11.8 Å². The van der Waals surface area contributed by atoms with Crippen LogP contribution in [0.4, 0.5) is 4.39 Å². The van der Waals surface area contributed by atoms with Crippen molar-refractivity contribution in [3.63, 3.8) is 0 Å². The Labute approximate surface area is 135 Å². The number of halogens is 3. The molecular formula is C15H13BrClFOS. The van der Waals surface area contributed by atoms with Crippen molar-refractivity contribution in [2.24, 2.45) is 0 Å². The fourth-order valence-electron chi connectivity index (χ4n) is 1.75. The predicted molar refractivity (Wildman–Crippen MR) is 86.0 cm³/mol. The van der Waals surface area contributed by atoms with Gasteiger partial charge in [-0.2, -0.15) is 0 Å². The van der Waals surface area contributed by atoms with Crippen LogP contribution in [0.2, 0.25) is 5.02 Å². The first-order valence-corrected chi connectivity index (χ1v) is 8.21. The van der Waals surface area contributed by atoms with Crippen LogP contribution in [-0.2, 0) is 6.42 Å². The average Bonchev–Trinajstić information content (AvgIpc) is 2.41. The minimum Gasteiger partial charge on any atom is -0.392 e. The van der Waals surface area contributed by atoms with Crippen molar-refractivity contribution in [2.45, 2.75) is 17.4 Å². The van der Waals surface area contributed by atoms with Crippen LogP contribution in [0.25, 0.3) is 0 Å². The summed E-state index contributed by atoms with van der Waals surface area (Å²) in [6.07, 6.45) is -0.330. The molecule has 0 saturated heterocycles. The van der Waals surface area contributed by atoms with Gasteiger partial charge in [-0.05, 0) is 45.8 Å². The van der Waals surface area contributed by atoms with Crippen molar-refractivity contribution < 1.29 is 9.50 Å². The number of benzene rings is 2. The van der Waals surface area contributed by atoms with E-state index in [-0.39, 0.29) is 12.2 Å². The zero-order chi connectivity index (χ0) is 14.5. The molecule has 0 aromatic heterocycles. The molecule has 2 aromatic rings. The quantitative estimate of drug-likeness (QED) is 0.747. The highest BCUT2D eigenvalue weighted by Crippen LogP contribution is 2.28. The van der Waals surface area contributed by atoms with E-state index in [1.165, 1.54) is 17.8 Å². The Morgan fingerprint density at radius 3 is 2.70 bits per heavy atom. The molecule has 0 heterocycles. The van der Waals surface area contributed by atoms with Gasteiger partial charge in [-0.25, -0.2) is 4.39 Å². The molecule has 1 nitrogen and oxygen atoms in total. The van der Waals surface area contributed by atoms with E-state index in [9.17, 15) is 9.50 Å². The first-order valence-electron chi connectivity index (χ1n) is 6.05. The van der Waals surface area contributed by atoms with Gasteiger partial charge in [0.2, 0.25) is 0 Å². The topological polar surface area (TPSA) is 20.2 Å². The lowest BCUT2D eigenvalue weighted by atomic mass is 10.1. The molecule has 0 aliphatic carbocycles. The first-order chi connectivity index (χ1) is 9.56. The normalized spacial score (nSPS) is 12.4. The van der Waals surface area contributed by atoms with Crippen LogP contribution < -0.4 is 0 Å². The summed E-state index contributed by atoms with van der Waals surface area (Å²) in [6.45, 7) is 0.